The molecule has 0 unspecified atom stereocenters. The number of benzene rings is 2. The van der Waals surface area contributed by atoms with Gasteiger partial charge in [0.15, 0.2) is 0 Å². The summed E-state index contributed by atoms with van der Waals surface area (Å²) in [6, 6.07) is 7.41. The molecule has 0 bridgehead atoms. The van der Waals surface area contributed by atoms with E-state index in [1.807, 2.05) is 0 Å². The number of hydrogen-bond donors (Lipinski definition) is 3. The van der Waals surface area contributed by atoms with Gasteiger partial charge in [0.05, 0.1) is 16.6 Å². The number of carbonyl (C=O) groups is 1. The van der Waals surface area contributed by atoms with Crippen LogP contribution < -0.4 is 11.0 Å². The summed E-state index contributed by atoms with van der Waals surface area (Å²) in [5.74, 6) is -2.40. The average Bonchev–Trinajstić information content (AvgIpc) is 2.77. The molecule has 5 nitrogen and oxygen atoms in total. The van der Waals surface area contributed by atoms with Crippen LogP contribution in [0.5, 0.6) is 0 Å². The summed E-state index contributed by atoms with van der Waals surface area (Å²) in [6.45, 7) is 0. The maximum absolute atomic E-state index is 13.5. The number of amides is 1. The first kappa shape index (κ1) is 13.0. The first-order chi connectivity index (χ1) is 10.0. The summed E-state index contributed by atoms with van der Waals surface area (Å²) in [6.07, 6.45) is 0. The molecule has 0 radical (unpaired) electrons. The molecule has 1 heterocycles. The highest BCUT2D eigenvalue weighted by molar-refractivity contribution is 6.05. The molecule has 106 valence electrons. The number of H-pyrrole nitrogens is 2. The normalized spacial score (nSPS) is 10.8. The monoisotopic (exact) mass is 289 g/mol. The van der Waals surface area contributed by atoms with Crippen molar-refractivity contribution < 1.29 is 13.6 Å². The number of aromatic nitrogens is 2. The van der Waals surface area contributed by atoms with Crippen molar-refractivity contribution in [1.29, 1.82) is 0 Å². The third-order valence-corrected chi connectivity index (χ3v) is 2.95. The fourth-order valence-electron chi connectivity index (χ4n) is 1.98. The number of carbonyl (C=O) groups excluding carboxylic acids is 1. The molecule has 21 heavy (non-hydrogen) atoms. The number of nitrogens with one attached hydrogen (secondary N) is 3. The van der Waals surface area contributed by atoms with E-state index < -0.39 is 17.5 Å². The van der Waals surface area contributed by atoms with E-state index in [1.54, 1.807) is 12.1 Å². The van der Waals surface area contributed by atoms with E-state index in [0.29, 0.717) is 22.8 Å². The van der Waals surface area contributed by atoms with Crippen LogP contribution in [0.3, 0.4) is 0 Å². The van der Waals surface area contributed by atoms with Gasteiger partial charge in [0, 0.05) is 11.8 Å². The molecule has 3 aromatic rings. The van der Waals surface area contributed by atoms with Gasteiger partial charge in [-0.2, -0.15) is 0 Å². The Morgan fingerprint density at radius 2 is 1.76 bits per heavy atom. The highest BCUT2D eigenvalue weighted by Gasteiger charge is 2.13. The molecule has 0 aliphatic rings. The number of aromatic amines is 2. The Labute approximate surface area is 116 Å². The molecule has 1 aromatic heterocycles. The number of halogens is 2. The summed E-state index contributed by atoms with van der Waals surface area (Å²) in [4.78, 5) is 28.2. The number of hydrogen-bond acceptors (Lipinski definition) is 2. The first-order valence-electron chi connectivity index (χ1n) is 6.01. The van der Waals surface area contributed by atoms with Crippen LogP contribution in [0.15, 0.2) is 41.2 Å². The van der Waals surface area contributed by atoms with Crippen molar-refractivity contribution in [3.63, 3.8) is 0 Å². The van der Waals surface area contributed by atoms with Crippen LogP contribution in [0.4, 0.5) is 14.5 Å². The Morgan fingerprint density at radius 3 is 2.52 bits per heavy atom. The molecular formula is C14H9F2N3O2. The first-order valence-corrected chi connectivity index (χ1v) is 6.01. The molecule has 0 aliphatic heterocycles. The number of rotatable bonds is 2. The average molecular weight is 289 g/mol. The smallest absolute Gasteiger partial charge is 0.322 e. The topological polar surface area (TPSA) is 77.8 Å². The Balaban J connectivity index is 1.90. The van der Waals surface area contributed by atoms with Crippen molar-refractivity contribution in [2.24, 2.45) is 0 Å². The van der Waals surface area contributed by atoms with Gasteiger partial charge < -0.3 is 15.3 Å². The maximum Gasteiger partial charge on any atom is 0.323 e. The van der Waals surface area contributed by atoms with Gasteiger partial charge in [0.2, 0.25) is 0 Å². The van der Waals surface area contributed by atoms with Gasteiger partial charge in [-0.15, -0.1) is 0 Å². The molecule has 0 fully saturated rings. The lowest BCUT2D eigenvalue weighted by molar-refractivity contribution is 0.102. The standard InChI is InChI=1S/C14H9F2N3O2/c15-7-1-3-9(10(16)5-7)13(20)17-8-2-4-11-12(6-8)19-14(21)18-11/h1-6H,(H,17,20)(H2,18,19,21). The second-order valence-corrected chi connectivity index (χ2v) is 4.42. The van der Waals surface area contributed by atoms with Gasteiger partial charge in [-0.05, 0) is 30.3 Å². The third kappa shape index (κ3) is 2.53. The largest absolute Gasteiger partial charge is 0.323 e. The van der Waals surface area contributed by atoms with E-state index in [2.05, 4.69) is 15.3 Å². The molecule has 0 saturated carbocycles. The number of anilines is 1. The van der Waals surface area contributed by atoms with Crippen LogP contribution in [-0.4, -0.2) is 15.9 Å². The lowest BCUT2D eigenvalue weighted by Crippen LogP contribution is -2.13. The van der Waals surface area contributed by atoms with Gasteiger partial charge in [-0.3, -0.25) is 4.79 Å². The van der Waals surface area contributed by atoms with Crippen molar-refractivity contribution >= 4 is 22.6 Å². The highest BCUT2D eigenvalue weighted by Crippen LogP contribution is 2.17. The Hall–Kier alpha value is -2.96. The van der Waals surface area contributed by atoms with E-state index in [9.17, 15) is 18.4 Å². The van der Waals surface area contributed by atoms with Crippen LogP contribution in [0.25, 0.3) is 11.0 Å². The van der Waals surface area contributed by atoms with Crippen molar-refractivity contribution in [3.05, 3.63) is 64.1 Å². The van der Waals surface area contributed by atoms with Gasteiger partial charge in [-0.1, -0.05) is 0 Å². The Kier molecular flexibility index (Phi) is 3.02. The second kappa shape index (κ2) is 4.86. The van der Waals surface area contributed by atoms with Crippen molar-refractivity contribution in [2.45, 2.75) is 0 Å². The molecular weight excluding hydrogens is 280 g/mol. The van der Waals surface area contributed by atoms with Crippen LogP contribution in [0.1, 0.15) is 10.4 Å². The van der Waals surface area contributed by atoms with Crippen molar-refractivity contribution in [2.75, 3.05) is 5.32 Å². The summed E-state index contributed by atoms with van der Waals surface area (Å²) < 4.78 is 26.3. The molecule has 3 rings (SSSR count). The molecule has 0 aliphatic carbocycles. The maximum atomic E-state index is 13.5. The summed E-state index contributed by atoms with van der Waals surface area (Å²) in [5, 5.41) is 2.48. The minimum atomic E-state index is -0.941. The predicted octanol–water partition coefficient (Wildman–Crippen LogP) is 2.39. The molecule has 0 saturated heterocycles. The van der Waals surface area contributed by atoms with E-state index >= 15 is 0 Å². The molecule has 1 amide bonds. The van der Waals surface area contributed by atoms with Gasteiger partial charge in [0.25, 0.3) is 5.91 Å². The predicted molar refractivity (Wildman–Crippen MR) is 73.2 cm³/mol. The molecule has 0 atom stereocenters. The van der Waals surface area contributed by atoms with Crippen LogP contribution in [-0.2, 0) is 0 Å². The SMILES string of the molecule is O=C(Nc1ccc2[nH]c(=O)[nH]c2c1)c1ccc(F)cc1F. The summed E-state index contributed by atoms with van der Waals surface area (Å²) in [5.41, 5.74) is 0.854. The Bertz CT molecular complexity index is 899. The van der Waals surface area contributed by atoms with Crippen LogP contribution in [0.2, 0.25) is 0 Å². The molecule has 7 heteroatoms. The van der Waals surface area contributed by atoms with Gasteiger partial charge >= 0.3 is 5.69 Å². The van der Waals surface area contributed by atoms with E-state index in [1.165, 1.54) is 6.07 Å². The van der Waals surface area contributed by atoms with Gasteiger partial charge in [0.1, 0.15) is 11.6 Å². The number of fused-ring (bicyclic) bond motifs is 1. The van der Waals surface area contributed by atoms with Crippen LogP contribution in [0, 0.1) is 11.6 Å². The van der Waals surface area contributed by atoms with Gasteiger partial charge in [-0.25, -0.2) is 13.6 Å². The van der Waals surface area contributed by atoms with Crippen molar-refractivity contribution in [3.8, 4) is 0 Å². The minimum absolute atomic E-state index is 0.265. The van der Waals surface area contributed by atoms with Crippen molar-refractivity contribution in [1.82, 2.24) is 9.97 Å². The zero-order valence-electron chi connectivity index (χ0n) is 10.5. The molecule has 2 aromatic carbocycles. The molecule has 0 spiro atoms. The van der Waals surface area contributed by atoms with E-state index in [0.717, 1.165) is 12.1 Å². The zero-order valence-corrected chi connectivity index (χ0v) is 10.5. The third-order valence-electron chi connectivity index (χ3n) is 2.95. The molecule has 3 N–H and O–H groups in total. The lowest BCUT2D eigenvalue weighted by atomic mass is 10.2. The zero-order chi connectivity index (χ0) is 15.0. The minimum Gasteiger partial charge on any atom is -0.322 e. The number of imidazole rings is 1. The second-order valence-electron chi connectivity index (χ2n) is 4.42. The fraction of sp³-hybridized carbons (Fsp3) is 0. The Morgan fingerprint density at radius 1 is 1.00 bits per heavy atom. The van der Waals surface area contributed by atoms with Crippen LogP contribution >= 0.6 is 0 Å². The quantitative estimate of drug-likeness (QED) is 0.677. The lowest BCUT2D eigenvalue weighted by Gasteiger charge is -2.06. The summed E-state index contributed by atoms with van der Waals surface area (Å²) >= 11 is 0. The van der Waals surface area contributed by atoms with E-state index in [4.69, 9.17) is 0 Å². The summed E-state index contributed by atoms with van der Waals surface area (Å²) in [7, 11) is 0. The fourth-order valence-corrected chi connectivity index (χ4v) is 1.98. The highest BCUT2D eigenvalue weighted by atomic mass is 19.1. The van der Waals surface area contributed by atoms with E-state index in [-0.39, 0.29) is 11.3 Å².